The highest BCUT2D eigenvalue weighted by atomic mass is 16.6. The quantitative estimate of drug-likeness (QED) is 0.241. The Labute approximate surface area is 131 Å². The van der Waals surface area contributed by atoms with Gasteiger partial charge in [-0.2, -0.15) is 0 Å². The molecule has 23 heavy (non-hydrogen) atoms. The fourth-order valence-electron chi connectivity index (χ4n) is 2.83. The monoisotopic (exact) mass is 337 g/mol. The van der Waals surface area contributed by atoms with E-state index in [1.165, 1.54) is 0 Å². The summed E-state index contributed by atoms with van der Waals surface area (Å²) in [5.74, 6) is -2.21. The molecule has 0 spiro atoms. The summed E-state index contributed by atoms with van der Waals surface area (Å²) in [6.45, 7) is -1.92. The molecular formula is C13H23NO9. The van der Waals surface area contributed by atoms with E-state index in [0.29, 0.717) is 0 Å². The highest BCUT2D eigenvalue weighted by Crippen LogP contribution is 2.29. The van der Waals surface area contributed by atoms with Crippen molar-refractivity contribution in [3.05, 3.63) is 11.3 Å². The van der Waals surface area contributed by atoms with Crippen LogP contribution < -0.4 is 5.32 Å². The zero-order valence-corrected chi connectivity index (χ0v) is 12.3. The highest BCUT2D eigenvalue weighted by molar-refractivity contribution is 5.25. The minimum Gasteiger partial charge on any atom is -0.392 e. The number of rotatable bonds is 4. The topological polar surface area (TPSA) is 183 Å². The van der Waals surface area contributed by atoms with Gasteiger partial charge in [-0.25, -0.2) is 0 Å². The maximum atomic E-state index is 10.2. The number of hydrogen-bond acceptors (Lipinski definition) is 10. The molecule has 0 amide bonds. The van der Waals surface area contributed by atoms with E-state index < -0.39 is 62.2 Å². The van der Waals surface area contributed by atoms with Crippen LogP contribution in [-0.2, 0) is 4.74 Å². The number of ether oxygens (including phenoxy) is 1. The Bertz CT molecular complexity index is 459. The summed E-state index contributed by atoms with van der Waals surface area (Å²) in [7, 11) is 0. The molecule has 0 bridgehead atoms. The van der Waals surface area contributed by atoms with Gasteiger partial charge in [0.15, 0.2) is 0 Å². The Balaban J connectivity index is 2.31. The zero-order valence-electron chi connectivity index (χ0n) is 12.3. The van der Waals surface area contributed by atoms with E-state index in [1.54, 1.807) is 0 Å². The van der Waals surface area contributed by atoms with Crippen LogP contribution in [0.3, 0.4) is 0 Å². The summed E-state index contributed by atoms with van der Waals surface area (Å²) < 4.78 is 4.97. The van der Waals surface area contributed by atoms with Crippen molar-refractivity contribution in [1.29, 1.82) is 0 Å². The van der Waals surface area contributed by atoms with Gasteiger partial charge in [0.2, 0.25) is 5.79 Å². The summed E-state index contributed by atoms with van der Waals surface area (Å²) in [4.78, 5) is 0. The standard InChI is InChI=1S/C13H23NO9/c15-2-5-6(1-7(17)10(20)9(5)19)14-12-11(21)8(18)3-23-13(12,22)4-16/h7-12,14-22H,1-4H2/t7?,8-,9?,10?,11-,12?,13+/m1/s1. The molecule has 9 N–H and O–H groups in total. The second-order valence-electron chi connectivity index (χ2n) is 5.86. The average molecular weight is 337 g/mol. The number of hydrogen-bond donors (Lipinski definition) is 9. The molecule has 0 aromatic heterocycles. The van der Waals surface area contributed by atoms with Crippen LogP contribution in [0.25, 0.3) is 0 Å². The fraction of sp³-hybridized carbons (Fsp3) is 0.846. The maximum absolute atomic E-state index is 10.2. The van der Waals surface area contributed by atoms with Crippen molar-refractivity contribution in [3.63, 3.8) is 0 Å². The molecule has 4 unspecified atom stereocenters. The van der Waals surface area contributed by atoms with Gasteiger partial charge in [0.25, 0.3) is 0 Å². The van der Waals surface area contributed by atoms with Crippen LogP contribution >= 0.6 is 0 Å². The molecule has 1 fully saturated rings. The van der Waals surface area contributed by atoms with Gasteiger partial charge >= 0.3 is 0 Å². The highest BCUT2D eigenvalue weighted by Gasteiger charge is 2.50. The molecule has 0 aromatic carbocycles. The van der Waals surface area contributed by atoms with E-state index in [9.17, 15) is 40.9 Å². The maximum Gasteiger partial charge on any atom is 0.212 e. The Kier molecular flexibility index (Phi) is 5.61. The van der Waals surface area contributed by atoms with Gasteiger partial charge in [-0.15, -0.1) is 0 Å². The lowest BCUT2D eigenvalue weighted by atomic mass is 9.87. The van der Waals surface area contributed by atoms with E-state index in [0.717, 1.165) is 0 Å². The van der Waals surface area contributed by atoms with Gasteiger partial charge in [-0.1, -0.05) is 0 Å². The van der Waals surface area contributed by atoms with Crippen LogP contribution in [0, 0.1) is 0 Å². The summed E-state index contributed by atoms with van der Waals surface area (Å²) in [6, 6.07) is -1.39. The molecule has 10 heteroatoms. The van der Waals surface area contributed by atoms with Gasteiger partial charge in [-0.05, 0) is 0 Å². The summed E-state index contributed by atoms with van der Waals surface area (Å²) in [5.41, 5.74) is 0.0433. The Morgan fingerprint density at radius 2 is 1.70 bits per heavy atom. The minimum atomic E-state index is -2.21. The first-order chi connectivity index (χ1) is 10.7. The fourth-order valence-corrected chi connectivity index (χ4v) is 2.83. The van der Waals surface area contributed by atoms with Crippen molar-refractivity contribution in [1.82, 2.24) is 5.32 Å². The number of aliphatic hydroxyl groups is 8. The van der Waals surface area contributed by atoms with Crippen LogP contribution in [0.15, 0.2) is 11.3 Å². The molecule has 0 saturated carbocycles. The molecule has 134 valence electrons. The predicted molar refractivity (Wildman–Crippen MR) is 73.7 cm³/mol. The molecule has 2 rings (SSSR count). The molecule has 1 aliphatic carbocycles. The number of aliphatic hydroxyl groups excluding tert-OH is 7. The smallest absolute Gasteiger partial charge is 0.212 e. The van der Waals surface area contributed by atoms with Gasteiger partial charge in [-0.3, -0.25) is 0 Å². The molecule has 10 nitrogen and oxygen atoms in total. The van der Waals surface area contributed by atoms with E-state index in [4.69, 9.17) is 4.74 Å². The van der Waals surface area contributed by atoms with Gasteiger partial charge < -0.3 is 50.9 Å². The van der Waals surface area contributed by atoms with Crippen molar-refractivity contribution >= 4 is 0 Å². The van der Waals surface area contributed by atoms with Crippen molar-refractivity contribution in [3.8, 4) is 0 Å². The first-order valence-electron chi connectivity index (χ1n) is 7.22. The molecule has 0 aromatic rings. The van der Waals surface area contributed by atoms with Crippen LogP contribution in [0.2, 0.25) is 0 Å². The van der Waals surface area contributed by atoms with E-state index in [-0.39, 0.29) is 17.7 Å². The molecule has 1 aliphatic heterocycles. The van der Waals surface area contributed by atoms with Crippen LogP contribution in [-0.4, -0.2) is 103 Å². The normalized spacial score (nSPS) is 45.2. The summed E-state index contributed by atoms with van der Waals surface area (Å²) >= 11 is 0. The van der Waals surface area contributed by atoms with Gasteiger partial charge in [0.05, 0.1) is 25.9 Å². The molecule has 2 aliphatic rings. The van der Waals surface area contributed by atoms with Crippen molar-refractivity contribution < 1.29 is 45.6 Å². The van der Waals surface area contributed by atoms with E-state index >= 15 is 0 Å². The first-order valence-corrected chi connectivity index (χ1v) is 7.22. The zero-order chi connectivity index (χ0) is 17.4. The third-order valence-corrected chi connectivity index (χ3v) is 4.33. The first kappa shape index (κ1) is 18.5. The van der Waals surface area contributed by atoms with Gasteiger partial charge in [0.1, 0.15) is 30.5 Å². The predicted octanol–water partition coefficient (Wildman–Crippen LogP) is -4.89. The molecule has 7 atom stereocenters. The van der Waals surface area contributed by atoms with Crippen LogP contribution in [0.5, 0.6) is 0 Å². The van der Waals surface area contributed by atoms with E-state index in [2.05, 4.69) is 5.32 Å². The van der Waals surface area contributed by atoms with Crippen molar-refractivity contribution in [2.45, 2.75) is 48.8 Å². The van der Waals surface area contributed by atoms with Crippen molar-refractivity contribution in [2.24, 2.45) is 0 Å². The summed E-state index contributed by atoms with van der Waals surface area (Å²) in [6.07, 6.45) is -7.42. The third kappa shape index (κ3) is 3.36. The van der Waals surface area contributed by atoms with Crippen LogP contribution in [0.4, 0.5) is 0 Å². The SMILES string of the molecule is OCC1=C(NC2[C@H](O)[C@H](O)CO[C@@]2(O)CO)CC(O)C(O)C1O. The lowest BCUT2D eigenvalue weighted by Gasteiger charge is -2.45. The number of nitrogens with one attached hydrogen (secondary N) is 1. The molecular weight excluding hydrogens is 314 g/mol. The van der Waals surface area contributed by atoms with E-state index in [1.807, 2.05) is 0 Å². The van der Waals surface area contributed by atoms with Crippen LogP contribution in [0.1, 0.15) is 6.42 Å². The lowest BCUT2D eigenvalue weighted by Crippen LogP contribution is -2.68. The van der Waals surface area contributed by atoms with Gasteiger partial charge in [0, 0.05) is 17.7 Å². The lowest BCUT2D eigenvalue weighted by molar-refractivity contribution is -0.297. The Hall–Kier alpha value is -0.820. The average Bonchev–Trinajstić information content (AvgIpc) is 2.53. The summed E-state index contributed by atoms with van der Waals surface area (Å²) in [5, 5.41) is 80.5. The minimum absolute atomic E-state index is 0.0321. The molecule has 1 heterocycles. The largest absolute Gasteiger partial charge is 0.392 e. The third-order valence-electron chi connectivity index (χ3n) is 4.33. The second kappa shape index (κ2) is 6.97. The van der Waals surface area contributed by atoms with Crippen molar-refractivity contribution in [2.75, 3.05) is 19.8 Å². The molecule has 1 saturated heterocycles. The Morgan fingerprint density at radius 1 is 1.04 bits per heavy atom. The Morgan fingerprint density at radius 3 is 2.26 bits per heavy atom. The second-order valence-corrected chi connectivity index (χ2v) is 5.86. The molecule has 0 radical (unpaired) electrons.